The second kappa shape index (κ2) is 25.0. The van der Waals surface area contributed by atoms with E-state index in [0.717, 1.165) is 25.7 Å². The highest BCUT2D eigenvalue weighted by Crippen LogP contribution is 2.76. The Morgan fingerprint density at radius 3 is 1.75 bits per heavy atom. The van der Waals surface area contributed by atoms with Crippen LogP contribution in [0.5, 0.6) is 0 Å². The van der Waals surface area contributed by atoms with E-state index in [-0.39, 0.29) is 41.0 Å². The van der Waals surface area contributed by atoms with Crippen LogP contribution in [0.15, 0.2) is 11.1 Å². The lowest BCUT2D eigenvalue weighted by Crippen LogP contribution is -2.68. The van der Waals surface area contributed by atoms with Crippen LogP contribution >= 0.6 is 0 Å². The van der Waals surface area contributed by atoms with Gasteiger partial charge in [0, 0.05) is 23.7 Å². The van der Waals surface area contributed by atoms with Gasteiger partial charge in [0.2, 0.25) is 5.79 Å². The van der Waals surface area contributed by atoms with E-state index < -0.39 is 215 Å². The van der Waals surface area contributed by atoms with E-state index in [0.29, 0.717) is 32.1 Å². The van der Waals surface area contributed by atoms with E-state index in [1.807, 2.05) is 6.92 Å². The summed E-state index contributed by atoms with van der Waals surface area (Å²) in [4.78, 5) is 12.8. The Labute approximate surface area is 508 Å². The molecule has 29 nitrogen and oxygen atoms in total. The van der Waals surface area contributed by atoms with Crippen LogP contribution in [-0.2, 0) is 61.6 Å². The fourth-order valence-corrected chi connectivity index (χ4v) is 17.9. The molecule has 11 rings (SSSR count). The van der Waals surface area contributed by atoms with E-state index in [1.54, 1.807) is 0 Å². The molecule has 0 unspecified atom stereocenters. The van der Waals surface area contributed by atoms with Gasteiger partial charge in [-0.2, -0.15) is 0 Å². The van der Waals surface area contributed by atoms with Crippen molar-refractivity contribution in [1.82, 2.24) is 0 Å². The quantitative estimate of drug-likeness (QED) is 0.0541. The van der Waals surface area contributed by atoms with Crippen molar-refractivity contribution in [3.05, 3.63) is 11.1 Å². The van der Waals surface area contributed by atoms with Crippen molar-refractivity contribution in [1.29, 1.82) is 0 Å². The maximum absolute atomic E-state index is 12.8. The summed E-state index contributed by atoms with van der Waals surface area (Å²) in [6.07, 6.45) is -38.3. The second-order valence-electron chi connectivity index (χ2n) is 27.9. The molecule has 7 heterocycles. The molecule has 0 aromatic heterocycles. The zero-order valence-electron chi connectivity index (χ0n) is 50.4. The fourth-order valence-electron chi connectivity index (χ4n) is 17.9. The molecule has 88 heavy (non-hydrogen) atoms. The van der Waals surface area contributed by atoms with Gasteiger partial charge in [-0.1, -0.05) is 45.8 Å². The zero-order chi connectivity index (χ0) is 63.7. The third-order valence-corrected chi connectivity index (χ3v) is 23.3. The Bertz CT molecular complexity index is 2490. The molecule has 29 heteroatoms. The molecule has 9 fully saturated rings. The van der Waals surface area contributed by atoms with E-state index in [2.05, 4.69) is 27.7 Å². The molecule has 0 radical (unpaired) electrons. The maximum atomic E-state index is 12.8. The number of hydrogen-bond acceptors (Lipinski definition) is 29. The first kappa shape index (κ1) is 67.5. The minimum atomic E-state index is -2.07. The monoisotopic (exact) mass is 1270 g/mol. The first-order valence-corrected chi connectivity index (χ1v) is 31.3. The molecule has 7 aliphatic heterocycles. The molecule has 0 aromatic carbocycles. The standard InChI is InChI=1S/C59H94O29/c1-23-15-58(87-48(23)76)16-24(2)59(88-58)14-13-55(5)27-7-8-32-54(4,26(27)9-12-56(55,59)6)11-10-33(57(32,21-62)22-63)83-50-43(74)41(72)37(68)31(82-50)20-78-52-46(35(66)28(64)19-77-52)85-53-47(86-49-42(73)39(70)34(65)25(3)79-49)45(38(69)30(18-61)81-53)84-51-44(75)40(71)36(67)29(17-60)80-51/h23-25,28-47,49-53,60-75H,7-22H2,1-6H3/t23-,24-,25+,28+,29-,30-,31-,32-,33+,34+,35+,36-,37-,38-,39-,40+,41+,42-,43-,44-,45+,46-,47-,49+,50+,51+,52+,53+,54-,55+,56+,58+,59+/m1/s1. The highest BCUT2D eigenvalue weighted by atomic mass is 16.8. The van der Waals surface area contributed by atoms with Crippen molar-refractivity contribution in [2.45, 2.75) is 271 Å². The Kier molecular flexibility index (Phi) is 19.2. The van der Waals surface area contributed by atoms with Crippen LogP contribution in [0.3, 0.4) is 0 Å². The van der Waals surface area contributed by atoms with Crippen LogP contribution in [-0.4, -0.2) is 292 Å². The summed E-state index contributed by atoms with van der Waals surface area (Å²) in [7, 11) is 0. The summed E-state index contributed by atoms with van der Waals surface area (Å²) >= 11 is 0. The van der Waals surface area contributed by atoms with E-state index in [1.165, 1.54) is 18.1 Å². The molecule has 4 aliphatic carbocycles. The van der Waals surface area contributed by atoms with E-state index in [9.17, 15) is 86.5 Å². The molecule has 0 aromatic rings. The number of carbonyl (C=O) groups excluding carboxylic acids is 1. The Hall–Kier alpha value is -1.87. The number of ether oxygens (including phenoxy) is 12. The van der Waals surface area contributed by atoms with Crippen LogP contribution in [0.25, 0.3) is 0 Å². The van der Waals surface area contributed by atoms with Crippen LogP contribution in [0.1, 0.15) is 106 Å². The number of fused-ring (bicyclic) bond motifs is 5. The highest BCUT2D eigenvalue weighted by molar-refractivity contribution is 5.74. The first-order valence-electron chi connectivity index (χ1n) is 31.3. The average Bonchev–Trinajstić information content (AvgIpc) is 1.36. The van der Waals surface area contributed by atoms with Gasteiger partial charge in [-0.15, -0.1) is 0 Å². The lowest BCUT2D eigenvalue weighted by molar-refractivity contribution is -0.406. The number of hydrogen-bond donors (Lipinski definition) is 16. The number of esters is 1. The van der Waals surface area contributed by atoms with E-state index >= 15 is 0 Å². The largest absolute Gasteiger partial charge is 0.433 e. The number of rotatable bonds is 15. The lowest BCUT2D eigenvalue weighted by Gasteiger charge is -2.64. The summed E-state index contributed by atoms with van der Waals surface area (Å²) in [6, 6.07) is 0. The minimum Gasteiger partial charge on any atom is -0.433 e. The summed E-state index contributed by atoms with van der Waals surface area (Å²) < 4.78 is 73.5. The Morgan fingerprint density at radius 2 is 1.11 bits per heavy atom. The van der Waals surface area contributed by atoms with E-state index in [4.69, 9.17) is 56.8 Å². The number of aliphatic hydroxyl groups excluding tert-OH is 16. The summed E-state index contributed by atoms with van der Waals surface area (Å²) in [5, 5.41) is 177. The van der Waals surface area contributed by atoms with Crippen molar-refractivity contribution in [2.75, 3.05) is 39.6 Å². The highest BCUT2D eigenvalue weighted by Gasteiger charge is 2.75. The molecule has 504 valence electrons. The van der Waals surface area contributed by atoms with Crippen LogP contribution in [0.2, 0.25) is 0 Å². The molecule has 0 amide bonds. The predicted molar refractivity (Wildman–Crippen MR) is 290 cm³/mol. The third-order valence-electron chi connectivity index (χ3n) is 23.3. The average molecular weight is 1270 g/mol. The predicted octanol–water partition coefficient (Wildman–Crippen LogP) is -4.71. The molecule has 2 spiro atoms. The fraction of sp³-hybridized carbons (Fsp3) is 0.949. The van der Waals surface area contributed by atoms with Crippen LogP contribution in [0.4, 0.5) is 0 Å². The summed E-state index contributed by atoms with van der Waals surface area (Å²) in [6.45, 7) is 8.15. The molecular weight excluding hydrogens is 1170 g/mol. The zero-order valence-corrected chi connectivity index (χ0v) is 50.4. The topological polar surface area (TPSA) is 452 Å². The molecular formula is C59H94O29. The number of aliphatic hydroxyl groups is 16. The molecule has 11 aliphatic rings. The second-order valence-corrected chi connectivity index (χ2v) is 27.9. The lowest BCUT2D eigenvalue weighted by atomic mass is 9.42. The smallest absolute Gasteiger partial charge is 0.311 e. The molecule has 16 N–H and O–H groups in total. The normalized spacial score (nSPS) is 54.5. The van der Waals surface area contributed by atoms with Crippen molar-refractivity contribution < 1.29 is 143 Å². The van der Waals surface area contributed by atoms with Crippen molar-refractivity contribution in [2.24, 2.45) is 39.4 Å². The van der Waals surface area contributed by atoms with Crippen LogP contribution in [0, 0.1) is 39.4 Å². The van der Waals surface area contributed by atoms with Gasteiger partial charge in [-0.3, -0.25) is 4.79 Å². The Balaban J connectivity index is 0.809. The third kappa shape index (κ3) is 10.7. The molecule has 33 atom stereocenters. The van der Waals surface area contributed by atoms with Gasteiger partial charge in [0.1, 0.15) is 110 Å². The first-order chi connectivity index (χ1) is 41.5. The van der Waals surface area contributed by atoms with Gasteiger partial charge in [0.15, 0.2) is 31.5 Å². The van der Waals surface area contributed by atoms with Crippen LogP contribution < -0.4 is 0 Å². The van der Waals surface area contributed by atoms with Gasteiger partial charge >= 0.3 is 5.97 Å². The van der Waals surface area contributed by atoms with Crippen molar-refractivity contribution in [3.63, 3.8) is 0 Å². The van der Waals surface area contributed by atoms with Gasteiger partial charge < -0.3 is 139 Å². The number of allylic oxidation sites excluding steroid dienone is 2. The van der Waals surface area contributed by atoms with Crippen molar-refractivity contribution in [3.8, 4) is 0 Å². The van der Waals surface area contributed by atoms with Gasteiger partial charge in [0.05, 0.1) is 63.4 Å². The molecule has 2 saturated carbocycles. The van der Waals surface area contributed by atoms with Gasteiger partial charge in [-0.25, -0.2) is 0 Å². The van der Waals surface area contributed by atoms with Gasteiger partial charge in [0.25, 0.3) is 0 Å². The summed E-state index contributed by atoms with van der Waals surface area (Å²) in [5.41, 5.74) is -0.208. The van der Waals surface area contributed by atoms with Crippen molar-refractivity contribution >= 4 is 5.97 Å². The number of carbonyl (C=O) groups is 1. The SMILES string of the molecule is C[C@@H]1C[C@]2(C[C@@H](C)[C@]3(CC[C@@]4(C)C5=C(CC[C@@]43C)[C@@]3(C)CC[C@H](O[C@@H]4O[C@H](CO[C@@H]6OC[C@H](O)[C@H](O)[C@H]6O[C@@H]6O[C@H](CO)[C@@H](O)[C@H](O[C@@H]7O[C@H](CO)[C@@H](O)[C@H](O)[C@H]7O)[C@H]6O[C@@H]6O[C@@H](C)[C@H](O)[C@@H](O)[C@H]6O)[C@@H](O)[C@H](O)[C@H]4O)C(CO)(CO)[C@@H]3CC5)O2)OC1=O. The maximum Gasteiger partial charge on any atom is 0.311 e. The Morgan fingerprint density at radius 1 is 0.534 bits per heavy atom. The van der Waals surface area contributed by atoms with Gasteiger partial charge in [-0.05, 0) is 81.0 Å². The minimum absolute atomic E-state index is 0.133. The molecule has 7 saturated heterocycles. The summed E-state index contributed by atoms with van der Waals surface area (Å²) in [5.74, 6) is -1.61. The molecule has 0 bridgehead atoms.